The predicted octanol–water partition coefficient (Wildman–Crippen LogP) is 11.4. The number of anilines is 3. The second-order valence-electron chi connectivity index (χ2n) is 12.6. The lowest BCUT2D eigenvalue weighted by molar-refractivity contribution is 0.879. The highest BCUT2D eigenvalue weighted by atomic mass is 14.9. The van der Waals surface area contributed by atoms with Crippen LogP contribution in [0, 0.1) is 0 Å². The van der Waals surface area contributed by atoms with Gasteiger partial charge in [0.1, 0.15) is 0 Å². The zero-order chi connectivity index (χ0) is 32.4. The van der Waals surface area contributed by atoms with Gasteiger partial charge >= 0.3 is 0 Å². The Kier molecular flexibility index (Phi) is 10.3. The van der Waals surface area contributed by atoms with Gasteiger partial charge in [0, 0.05) is 35.2 Å². The molecule has 0 aliphatic heterocycles. The molecule has 0 saturated heterocycles. The van der Waals surface area contributed by atoms with E-state index in [2.05, 4.69) is 194 Å². The molecule has 0 radical (unpaired) electrons. The second-order valence-corrected chi connectivity index (χ2v) is 12.6. The summed E-state index contributed by atoms with van der Waals surface area (Å²) in [6.07, 6.45) is 1.74. The summed E-state index contributed by atoms with van der Waals surface area (Å²) in [5.74, 6) is 0. The summed E-state index contributed by atoms with van der Waals surface area (Å²) in [7, 11) is 0. The van der Waals surface area contributed by atoms with Crippen LogP contribution in [0.3, 0.4) is 0 Å². The van der Waals surface area contributed by atoms with Gasteiger partial charge in [0.05, 0.1) is 0 Å². The standard InChI is InChI=1S/C44H45N3/c1-32(38-13-7-4-8-14-38)45-42-24-19-35(20-25-42)29-37-23-28-44(47-34(3)40-17-11-6-12-18-40)41(31-37)30-36-21-26-43(27-22-36)46-33(2)39-15-9-5-10-16-39/h4-28,31-34,45-47H,29-30H2,1-3H3. The molecular weight excluding hydrogens is 571 g/mol. The van der Waals surface area contributed by atoms with Gasteiger partial charge in [-0.3, -0.25) is 0 Å². The summed E-state index contributed by atoms with van der Waals surface area (Å²) < 4.78 is 0. The average molecular weight is 616 g/mol. The molecule has 3 atom stereocenters. The predicted molar refractivity (Wildman–Crippen MR) is 200 cm³/mol. The maximum atomic E-state index is 3.81. The SMILES string of the molecule is CC(Nc1ccc(Cc2ccc(NC(C)c3ccccc3)c(Cc3ccc(NC(C)c4ccccc4)cc3)c2)cc1)c1ccccc1. The van der Waals surface area contributed by atoms with E-state index >= 15 is 0 Å². The number of rotatable bonds is 13. The van der Waals surface area contributed by atoms with Gasteiger partial charge in [-0.25, -0.2) is 0 Å². The van der Waals surface area contributed by atoms with Crippen molar-refractivity contribution in [3.05, 3.63) is 197 Å². The smallest absolute Gasteiger partial charge is 0.0485 e. The van der Waals surface area contributed by atoms with Crippen LogP contribution in [0.5, 0.6) is 0 Å². The molecule has 0 spiro atoms. The minimum Gasteiger partial charge on any atom is -0.379 e. The quantitative estimate of drug-likeness (QED) is 0.121. The molecule has 47 heavy (non-hydrogen) atoms. The van der Waals surface area contributed by atoms with Gasteiger partial charge < -0.3 is 16.0 Å². The topological polar surface area (TPSA) is 36.1 Å². The van der Waals surface area contributed by atoms with Crippen LogP contribution in [0.15, 0.2) is 158 Å². The first-order valence-electron chi connectivity index (χ1n) is 16.7. The van der Waals surface area contributed by atoms with Crippen molar-refractivity contribution < 1.29 is 0 Å². The van der Waals surface area contributed by atoms with Crippen molar-refractivity contribution in [3.63, 3.8) is 0 Å². The Morgan fingerprint density at radius 3 is 1.21 bits per heavy atom. The molecule has 236 valence electrons. The van der Waals surface area contributed by atoms with Gasteiger partial charge in [0.2, 0.25) is 0 Å². The Morgan fingerprint density at radius 1 is 0.383 bits per heavy atom. The van der Waals surface area contributed by atoms with Crippen LogP contribution in [-0.4, -0.2) is 0 Å². The van der Waals surface area contributed by atoms with Crippen LogP contribution in [0.1, 0.15) is 77.8 Å². The largest absolute Gasteiger partial charge is 0.379 e. The van der Waals surface area contributed by atoms with Crippen LogP contribution in [-0.2, 0) is 12.8 Å². The van der Waals surface area contributed by atoms with Gasteiger partial charge in [-0.2, -0.15) is 0 Å². The number of nitrogens with one attached hydrogen (secondary N) is 3. The molecule has 3 unspecified atom stereocenters. The summed E-state index contributed by atoms with van der Waals surface area (Å²) in [6.45, 7) is 6.64. The summed E-state index contributed by atoms with van der Waals surface area (Å²) in [6, 6.07) is 57.2. The van der Waals surface area contributed by atoms with Crippen molar-refractivity contribution in [3.8, 4) is 0 Å². The van der Waals surface area contributed by atoms with Crippen molar-refractivity contribution in [2.24, 2.45) is 0 Å². The van der Waals surface area contributed by atoms with Crippen LogP contribution in [0.4, 0.5) is 17.1 Å². The molecule has 6 aromatic carbocycles. The third-order valence-electron chi connectivity index (χ3n) is 8.92. The molecule has 3 heteroatoms. The Morgan fingerprint density at radius 2 is 0.766 bits per heavy atom. The Labute approximate surface area is 280 Å². The fourth-order valence-electron chi connectivity index (χ4n) is 6.15. The first-order valence-corrected chi connectivity index (χ1v) is 16.7. The van der Waals surface area contributed by atoms with Gasteiger partial charge in [0.15, 0.2) is 0 Å². The van der Waals surface area contributed by atoms with Gasteiger partial charge in [-0.05, 0) is 103 Å². The zero-order valence-corrected chi connectivity index (χ0v) is 27.7. The lowest BCUT2D eigenvalue weighted by atomic mass is 9.96. The van der Waals surface area contributed by atoms with E-state index in [0.717, 1.165) is 24.2 Å². The average Bonchev–Trinajstić information content (AvgIpc) is 3.12. The van der Waals surface area contributed by atoms with E-state index < -0.39 is 0 Å². The molecule has 6 rings (SSSR count). The fraction of sp³-hybridized carbons (Fsp3) is 0.182. The summed E-state index contributed by atoms with van der Waals surface area (Å²) in [5, 5.41) is 11.1. The maximum absolute atomic E-state index is 3.81. The second kappa shape index (κ2) is 15.3. The lowest BCUT2D eigenvalue weighted by Crippen LogP contribution is -2.09. The molecule has 0 bridgehead atoms. The molecule has 0 aromatic heterocycles. The van der Waals surface area contributed by atoms with Crippen LogP contribution >= 0.6 is 0 Å². The first kappa shape index (κ1) is 31.7. The molecule has 0 fully saturated rings. The van der Waals surface area contributed by atoms with Crippen LogP contribution in [0.2, 0.25) is 0 Å². The molecule has 3 nitrogen and oxygen atoms in total. The van der Waals surface area contributed by atoms with E-state index in [1.54, 1.807) is 0 Å². The number of hydrogen-bond acceptors (Lipinski definition) is 3. The highest BCUT2D eigenvalue weighted by molar-refractivity contribution is 5.57. The van der Waals surface area contributed by atoms with Crippen molar-refractivity contribution in [1.29, 1.82) is 0 Å². The van der Waals surface area contributed by atoms with E-state index in [4.69, 9.17) is 0 Å². The summed E-state index contributed by atoms with van der Waals surface area (Å²) in [5.41, 5.74) is 12.5. The molecule has 0 heterocycles. The van der Waals surface area contributed by atoms with E-state index in [0.29, 0.717) is 0 Å². The molecule has 6 aromatic rings. The first-order chi connectivity index (χ1) is 23.0. The van der Waals surface area contributed by atoms with Gasteiger partial charge in [-0.1, -0.05) is 127 Å². The monoisotopic (exact) mass is 615 g/mol. The summed E-state index contributed by atoms with van der Waals surface area (Å²) in [4.78, 5) is 0. The molecule has 0 amide bonds. The lowest BCUT2D eigenvalue weighted by Gasteiger charge is -2.20. The minimum atomic E-state index is 0.199. The highest BCUT2D eigenvalue weighted by Gasteiger charge is 2.12. The molecule has 3 N–H and O–H groups in total. The third kappa shape index (κ3) is 8.71. The van der Waals surface area contributed by atoms with E-state index in [1.807, 2.05) is 0 Å². The number of hydrogen-bond donors (Lipinski definition) is 3. The van der Waals surface area contributed by atoms with Crippen molar-refractivity contribution >= 4 is 17.1 Å². The van der Waals surface area contributed by atoms with Gasteiger partial charge in [-0.15, -0.1) is 0 Å². The van der Waals surface area contributed by atoms with E-state index in [9.17, 15) is 0 Å². The van der Waals surface area contributed by atoms with E-state index in [-0.39, 0.29) is 18.1 Å². The van der Waals surface area contributed by atoms with E-state index in [1.165, 1.54) is 44.6 Å². The maximum Gasteiger partial charge on any atom is 0.0485 e. The Bertz CT molecular complexity index is 1820. The Balaban J connectivity index is 1.17. The fourth-order valence-corrected chi connectivity index (χ4v) is 6.15. The van der Waals surface area contributed by atoms with Gasteiger partial charge in [0.25, 0.3) is 0 Å². The Hall–Kier alpha value is -5.28. The minimum absolute atomic E-state index is 0.199. The van der Waals surface area contributed by atoms with Crippen molar-refractivity contribution in [2.45, 2.75) is 51.7 Å². The molecule has 0 aliphatic carbocycles. The third-order valence-corrected chi connectivity index (χ3v) is 8.92. The molecule has 0 aliphatic rings. The van der Waals surface area contributed by atoms with Crippen molar-refractivity contribution in [2.75, 3.05) is 16.0 Å². The highest BCUT2D eigenvalue weighted by Crippen LogP contribution is 2.28. The summed E-state index contributed by atoms with van der Waals surface area (Å²) >= 11 is 0. The van der Waals surface area contributed by atoms with Crippen LogP contribution in [0.25, 0.3) is 0 Å². The molecule has 0 saturated carbocycles. The molecular formula is C44H45N3. The van der Waals surface area contributed by atoms with Crippen LogP contribution < -0.4 is 16.0 Å². The van der Waals surface area contributed by atoms with Crippen molar-refractivity contribution in [1.82, 2.24) is 0 Å². The zero-order valence-electron chi connectivity index (χ0n) is 27.7. The number of benzene rings is 6. The normalized spacial score (nSPS) is 12.9.